The summed E-state index contributed by atoms with van der Waals surface area (Å²) >= 11 is 0. The Morgan fingerprint density at radius 2 is 1.94 bits per heavy atom. The average molecular weight is 499 g/mol. The fraction of sp³-hybridized carbons (Fsp3) is 0.545. The van der Waals surface area contributed by atoms with Crippen molar-refractivity contribution in [1.82, 2.24) is 9.71 Å². The van der Waals surface area contributed by atoms with E-state index in [0.29, 0.717) is 37.2 Å². The van der Waals surface area contributed by atoms with Crippen molar-refractivity contribution in [1.29, 1.82) is 0 Å². The minimum absolute atomic E-state index is 0.222. The van der Waals surface area contributed by atoms with Crippen LogP contribution in [-0.2, 0) is 19.7 Å². The summed E-state index contributed by atoms with van der Waals surface area (Å²) in [4.78, 5) is 15.2. The monoisotopic (exact) mass is 498 g/mol. The van der Waals surface area contributed by atoms with Gasteiger partial charge in [0.1, 0.15) is 6.61 Å². The zero-order valence-corrected chi connectivity index (χ0v) is 20.6. The largest absolute Gasteiger partial charge is 0.493 e. The molecular weight excluding hydrogens is 464 g/mol. The number of pyridine rings is 1. The van der Waals surface area contributed by atoms with Crippen molar-refractivity contribution in [3.05, 3.63) is 24.4 Å². The molecule has 1 fully saturated rings. The summed E-state index contributed by atoms with van der Waals surface area (Å²) in [5.74, 6) is 1.97. The molecule has 3 rings (SSSR count). The van der Waals surface area contributed by atoms with Gasteiger partial charge >= 0.3 is 0 Å². The van der Waals surface area contributed by atoms with E-state index in [1.807, 2.05) is 24.4 Å². The molecule has 2 aromatic rings. The molecule has 2 heterocycles. The number of nitrogens with one attached hydrogen (secondary N) is 1. The highest BCUT2D eigenvalue weighted by molar-refractivity contribution is 7.87. The smallest absolute Gasteiger partial charge is 0.290 e. The minimum Gasteiger partial charge on any atom is -0.493 e. The first-order valence-corrected chi connectivity index (χ1v) is 12.5. The Morgan fingerprint density at radius 1 is 1.26 bits per heavy atom. The van der Waals surface area contributed by atoms with Crippen LogP contribution in [0.25, 0.3) is 10.9 Å². The van der Waals surface area contributed by atoms with Crippen LogP contribution >= 0.6 is 0 Å². The molecule has 0 amide bonds. The van der Waals surface area contributed by atoms with Crippen LogP contribution in [0.5, 0.6) is 11.5 Å². The quantitative estimate of drug-likeness (QED) is 0.327. The number of anilines is 1. The Kier molecular flexibility index (Phi) is 10.8. The first-order chi connectivity index (χ1) is 16.2. The highest BCUT2D eigenvalue weighted by Gasteiger charge is 2.25. The molecule has 1 aromatic carbocycles. The van der Waals surface area contributed by atoms with Crippen molar-refractivity contribution < 1.29 is 32.5 Å². The topological polar surface area (TPSA) is 153 Å². The minimum atomic E-state index is -3.65. The van der Waals surface area contributed by atoms with Crippen molar-refractivity contribution in [2.75, 3.05) is 52.0 Å². The highest BCUT2D eigenvalue weighted by Crippen LogP contribution is 2.37. The third-order valence-corrected chi connectivity index (χ3v) is 6.41. The normalized spacial score (nSPS) is 15.4. The number of nitrogens with zero attached hydrogens (tertiary/aromatic N) is 2. The third-order valence-electron chi connectivity index (χ3n) is 5.84. The molecule has 1 aromatic heterocycles. The Balaban J connectivity index is 0.00000129. The second-order valence-corrected chi connectivity index (χ2v) is 9.37. The lowest BCUT2D eigenvalue weighted by atomic mass is 9.85. The molecule has 11 nitrogen and oxygen atoms in total. The van der Waals surface area contributed by atoms with Gasteiger partial charge in [-0.05, 0) is 36.8 Å². The van der Waals surface area contributed by atoms with Crippen LogP contribution in [0.3, 0.4) is 0 Å². The summed E-state index contributed by atoms with van der Waals surface area (Å²) in [6.07, 6.45) is 3.77. The summed E-state index contributed by atoms with van der Waals surface area (Å²) in [6.45, 7) is 4.88. The van der Waals surface area contributed by atoms with E-state index in [1.54, 1.807) is 14.2 Å². The molecule has 1 atom stereocenters. The van der Waals surface area contributed by atoms with Crippen LogP contribution < -0.4 is 24.2 Å². The second kappa shape index (κ2) is 13.3. The maximum absolute atomic E-state index is 11.2. The number of hydrogen-bond acceptors (Lipinski definition) is 8. The number of aromatic nitrogens is 1. The van der Waals surface area contributed by atoms with E-state index in [4.69, 9.17) is 29.3 Å². The first kappa shape index (κ1) is 27.6. The Labute approximate surface area is 200 Å². The van der Waals surface area contributed by atoms with Gasteiger partial charge in [0.15, 0.2) is 11.5 Å². The maximum atomic E-state index is 11.2. The summed E-state index contributed by atoms with van der Waals surface area (Å²) in [7, 11) is -0.398. The number of rotatable bonds is 10. The first-order valence-electron chi connectivity index (χ1n) is 10.9. The van der Waals surface area contributed by atoms with Crippen molar-refractivity contribution in [2.24, 2.45) is 17.0 Å². The number of piperidine rings is 1. The van der Waals surface area contributed by atoms with Crippen LogP contribution in [0.1, 0.15) is 19.8 Å². The number of fused-ring (bicyclic) bond motifs is 1. The highest BCUT2D eigenvalue weighted by atomic mass is 32.2. The lowest BCUT2D eigenvalue weighted by Gasteiger charge is -2.36. The van der Waals surface area contributed by atoms with Gasteiger partial charge in [-0.25, -0.2) is 9.86 Å². The second-order valence-electron chi connectivity index (χ2n) is 7.99. The summed E-state index contributed by atoms with van der Waals surface area (Å²) in [5, 5.41) is 13.0. The summed E-state index contributed by atoms with van der Waals surface area (Å²) in [6, 6.07) is 5.91. The fourth-order valence-electron chi connectivity index (χ4n) is 4.05. The lowest BCUT2D eigenvalue weighted by Crippen LogP contribution is -2.40. The van der Waals surface area contributed by atoms with E-state index in [2.05, 4.69) is 21.5 Å². The number of methoxy groups -OCH3 is 2. The van der Waals surface area contributed by atoms with Gasteiger partial charge in [-0.3, -0.25) is 9.78 Å². The van der Waals surface area contributed by atoms with Crippen LogP contribution in [0, 0.1) is 11.8 Å². The molecule has 0 bridgehead atoms. The molecule has 12 heteroatoms. The van der Waals surface area contributed by atoms with Crippen LogP contribution in [0.2, 0.25) is 0 Å². The Morgan fingerprint density at radius 3 is 2.53 bits per heavy atom. The van der Waals surface area contributed by atoms with Crippen molar-refractivity contribution >= 4 is 33.3 Å². The predicted molar refractivity (Wildman–Crippen MR) is 130 cm³/mol. The van der Waals surface area contributed by atoms with Gasteiger partial charge in [0.05, 0.1) is 19.2 Å². The number of carboxylic acid groups (broad SMARTS) is 1. The molecule has 1 aliphatic heterocycles. The van der Waals surface area contributed by atoms with E-state index in [9.17, 15) is 8.42 Å². The molecule has 190 valence electrons. The maximum Gasteiger partial charge on any atom is 0.290 e. The number of nitrogens with two attached hydrogens (primary N) is 1. The SMILES string of the molecule is COCCOc1cc2c(N3CCC(C(C)CNS(N)(=O)=O)CC3)ccnc2cc1OC.O=CO. The molecule has 0 aliphatic carbocycles. The van der Waals surface area contributed by atoms with E-state index in [1.165, 1.54) is 0 Å². The lowest BCUT2D eigenvalue weighted by molar-refractivity contribution is -0.122. The van der Waals surface area contributed by atoms with Gasteiger partial charge in [0, 0.05) is 50.1 Å². The predicted octanol–water partition coefficient (Wildman–Crippen LogP) is 1.62. The average Bonchev–Trinajstić information content (AvgIpc) is 2.82. The van der Waals surface area contributed by atoms with Gasteiger partial charge in [0.2, 0.25) is 0 Å². The number of benzene rings is 1. The molecule has 1 unspecified atom stereocenters. The summed E-state index contributed by atoms with van der Waals surface area (Å²) in [5.41, 5.74) is 1.96. The third kappa shape index (κ3) is 7.97. The summed E-state index contributed by atoms with van der Waals surface area (Å²) < 4.78 is 41.2. The van der Waals surface area contributed by atoms with Crippen LogP contribution in [0.4, 0.5) is 5.69 Å². The Hall–Kier alpha value is -2.67. The van der Waals surface area contributed by atoms with Gasteiger partial charge in [-0.1, -0.05) is 6.92 Å². The molecule has 0 spiro atoms. The standard InChI is InChI=1S/C21H32N4O5S.CH2O2/c1-15(14-24-31(22,26)27)16-5-8-25(9-6-16)19-4-7-23-18-13-20(29-3)21(12-17(18)19)30-11-10-28-2;2-1-3/h4,7,12-13,15-16,24H,5-6,8-11,14H2,1-3H3,(H2,22,26,27);1H,(H,2,3). The van der Waals surface area contributed by atoms with Crippen molar-refractivity contribution in [3.63, 3.8) is 0 Å². The zero-order chi connectivity index (χ0) is 25.1. The number of ether oxygens (including phenoxy) is 3. The van der Waals surface area contributed by atoms with Gasteiger partial charge in [-0.2, -0.15) is 8.42 Å². The molecule has 1 aliphatic rings. The Bertz CT molecular complexity index is 1030. The van der Waals surface area contributed by atoms with E-state index >= 15 is 0 Å². The van der Waals surface area contributed by atoms with E-state index in [-0.39, 0.29) is 12.4 Å². The molecule has 0 saturated carbocycles. The van der Waals surface area contributed by atoms with Crippen molar-refractivity contribution in [3.8, 4) is 11.5 Å². The molecule has 4 N–H and O–H groups in total. The number of carbonyl (C=O) groups is 1. The van der Waals surface area contributed by atoms with Crippen LogP contribution in [-0.4, -0.2) is 72.0 Å². The molecule has 1 saturated heterocycles. The van der Waals surface area contributed by atoms with E-state index < -0.39 is 10.2 Å². The molecule has 0 radical (unpaired) electrons. The van der Waals surface area contributed by atoms with Crippen molar-refractivity contribution in [2.45, 2.75) is 19.8 Å². The van der Waals surface area contributed by atoms with E-state index in [0.717, 1.165) is 42.5 Å². The van der Waals surface area contributed by atoms with Gasteiger partial charge < -0.3 is 24.2 Å². The van der Waals surface area contributed by atoms with Crippen LogP contribution in [0.15, 0.2) is 24.4 Å². The molecule has 34 heavy (non-hydrogen) atoms. The van der Waals surface area contributed by atoms with Gasteiger partial charge in [0.25, 0.3) is 16.7 Å². The fourth-order valence-corrected chi connectivity index (χ4v) is 4.54. The van der Waals surface area contributed by atoms with Gasteiger partial charge in [-0.15, -0.1) is 0 Å². The molecular formula is C22H34N4O7S. The zero-order valence-electron chi connectivity index (χ0n) is 19.8. The number of hydrogen-bond donors (Lipinski definition) is 3.